The van der Waals surface area contributed by atoms with Gasteiger partial charge in [-0.25, -0.2) is 4.98 Å². The van der Waals surface area contributed by atoms with Crippen LogP contribution in [0.4, 0.5) is 0 Å². The lowest BCUT2D eigenvalue weighted by Crippen LogP contribution is -1.97. The van der Waals surface area contributed by atoms with Gasteiger partial charge in [0.25, 0.3) is 0 Å². The minimum absolute atomic E-state index is 0.0986. The first-order valence-electron chi connectivity index (χ1n) is 3.87. The molecule has 0 aliphatic heterocycles. The molecule has 66 valence electrons. The third-order valence-electron chi connectivity index (χ3n) is 1.39. The number of aliphatic carboxylic acids is 1. The van der Waals surface area contributed by atoms with Crippen LogP contribution in [0, 0.1) is 0 Å². The second kappa shape index (κ2) is 4.21. The first kappa shape index (κ1) is 9.19. The molecule has 0 aliphatic carbocycles. The summed E-state index contributed by atoms with van der Waals surface area (Å²) in [5.74, 6) is -0.790. The van der Waals surface area contributed by atoms with Crippen molar-refractivity contribution in [1.82, 2.24) is 4.98 Å². The number of rotatable bonds is 4. The van der Waals surface area contributed by atoms with E-state index in [1.54, 1.807) is 6.20 Å². The zero-order valence-corrected chi connectivity index (χ0v) is 7.73. The van der Waals surface area contributed by atoms with Gasteiger partial charge in [-0.05, 0) is 12.8 Å². The fraction of sp³-hybridized carbons (Fsp3) is 0.500. The summed E-state index contributed by atoms with van der Waals surface area (Å²) >= 11 is 1.49. The molecular formula is C8H11NO2S. The number of aromatic nitrogens is 1. The standard InChI is InChI=1S/C8H11NO2S/c1-2-3-7-9-5-6(12-7)4-8(10)11/h5H,2-4H2,1H3,(H,10,11). The van der Waals surface area contributed by atoms with Crippen LogP contribution in [0.3, 0.4) is 0 Å². The van der Waals surface area contributed by atoms with Crippen molar-refractivity contribution in [3.05, 3.63) is 16.1 Å². The normalized spacial score (nSPS) is 10.1. The van der Waals surface area contributed by atoms with Gasteiger partial charge in [0.05, 0.1) is 11.4 Å². The Morgan fingerprint density at radius 1 is 1.75 bits per heavy atom. The van der Waals surface area contributed by atoms with Crippen molar-refractivity contribution in [2.75, 3.05) is 0 Å². The van der Waals surface area contributed by atoms with Crippen LogP contribution >= 0.6 is 11.3 Å². The summed E-state index contributed by atoms with van der Waals surface area (Å²) in [6.07, 6.45) is 3.76. The van der Waals surface area contributed by atoms with Crippen molar-refractivity contribution >= 4 is 17.3 Å². The average Bonchev–Trinajstić information content (AvgIpc) is 2.36. The molecule has 0 aromatic carbocycles. The zero-order chi connectivity index (χ0) is 8.97. The summed E-state index contributed by atoms with van der Waals surface area (Å²) in [7, 11) is 0. The Hall–Kier alpha value is -0.900. The Balaban J connectivity index is 2.58. The summed E-state index contributed by atoms with van der Waals surface area (Å²) in [6.45, 7) is 2.08. The summed E-state index contributed by atoms with van der Waals surface area (Å²) < 4.78 is 0. The number of hydrogen-bond donors (Lipinski definition) is 1. The van der Waals surface area contributed by atoms with Crippen molar-refractivity contribution in [2.24, 2.45) is 0 Å². The molecule has 0 saturated heterocycles. The molecule has 4 heteroatoms. The van der Waals surface area contributed by atoms with E-state index >= 15 is 0 Å². The van der Waals surface area contributed by atoms with E-state index in [1.165, 1.54) is 11.3 Å². The first-order chi connectivity index (χ1) is 5.72. The van der Waals surface area contributed by atoms with Gasteiger partial charge in [-0.15, -0.1) is 11.3 Å². The van der Waals surface area contributed by atoms with Crippen molar-refractivity contribution in [3.8, 4) is 0 Å². The average molecular weight is 185 g/mol. The molecule has 0 bridgehead atoms. The molecule has 1 aromatic rings. The van der Waals surface area contributed by atoms with Gasteiger partial charge < -0.3 is 5.11 Å². The Morgan fingerprint density at radius 3 is 3.08 bits per heavy atom. The molecule has 1 heterocycles. The summed E-state index contributed by atoms with van der Waals surface area (Å²) in [4.78, 5) is 15.3. The molecule has 0 aliphatic rings. The summed E-state index contributed by atoms with van der Waals surface area (Å²) in [5.41, 5.74) is 0. The Kier molecular flexibility index (Phi) is 3.22. The van der Waals surface area contributed by atoms with Gasteiger partial charge in [0.2, 0.25) is 0 Å². The number of aryl methyl sites for hydroxylation is 1. The topological polar surface area (TPSA) is 50.2 Å². The summed E-state index contributed by atoms with van der Waals surface area (Å²) in [5, 5.41) is 9.52. The maximum atomic E-state index is 10.3. The highest BCUT2D eigenvalue weighted by Crippen LogP contribution is 2.14. The van der Waals surface area contributed by atoms with Crippen LogP contribution in [0.5, 0.6) is 0 Å². The minimum atomic E-state index is -0.790. The van der Waals surface area contributed by atoms with Crippen molar-refractivity contribution < 1.29 is 9.90 Å². The van der Waals surface area contributed by atoms with Gasteiger partial charge in [-0.3, -0.25) is 4.79 Å². The number of nitrogens with zero attached hydrogens (tertiary/aromatic N) is 1. The molecule has 0 amide bonds. The molecular weight excluding hydrogens is 174 g/mol. The predicted molar refractivity (Wildman–Crippen MR) is 47.4 cm³/mol. The van der Waals surface area contributed by atoms with Crippen LogP contribution in [0.15, 0.2) is 6.20 Å². The van der Waals surface area contributed by atoms with Crippen LogP contribution in [-0.2, 0) is 17.6 Å². The van der Waals surface area contributed by atoms with E-state index < -0.39 is 5.97 Å². The lowest BCUT2D eigenvalue weighted by atomic mass is 10.3. The van der Waals surface area contributed by atoms with Gasteiger partial charge in [0, 0.05) is 11.1 Å². The second-order valence-corrected chi connectivity index (χ2v) is 3.74. The molecule has 1 N–H and O–H groups in total. The van der Waals surface area contributed by atoms with E-state index in [1.807, 2.05) is 0 Å². The van der Waals surface area contributed by atoms with Crippen molar-refractivity contribution in [1.29, 1.82) is 0 Å². The second-order valence-electron chi connectivity index (χ2n) is 2.54. The van der Waals surface area contributed by atoms with Crippen molar-refractivity contribution in [3.63, 3.8) is 0 Å². The number of carboxylic acids is 1. The van der Waals surface area contributed by atoms with Crippen LogP contribution in [0.25, 0.3) is 0 Å². The highest BCUT2D eigenvalue weighted by molar-refractivity contribution is 7.11. The number of carbonyl (C=O) groups is 1. The molecule has 0 radical (unpaired) electrons. The lowest BCUT2D eigenvalue weighted by Gasteiger charge is -1.87. The molecule has 1 aromatic heterocycles. The maximum absolute atomic E-state index is 10.3. The number of carboxylic acid groups (broad SMARTS) is 1. The van der Waals surface area contributed by atoms with Crippen LogP contribution in [0.2, 0.25) is 0 Å². The van der Waals surface area contributed by atoms with E-state index in [-0.39, 0.29) is 6.42 Å². The third-order valence-corrected chi connectivity index (χ3v) is 2.45. The first-order valence-corrected chi connectivity index (χ1v) is 4.69. The fourth-order valence-corrected chi connectivity index (χ4v) is 1.92. The number of thiazole rings is 1. The van der Waals surface area contributed by atoms with Crippen LogP contribution < -0.4 is 0 Å². The lowest BCUT2D eigenvalue weighted by molar-refractivity contribution is -0.136. The van der Waals surface area contributed by atoms with Crippen LogP contribution in [0.1, 0.15) is 23.2 Å². The smallest absolute Gasteiger partial charge is 0.308 e. The molecule has 1 rings (SSSR count). The quantitative estimate of drug-likeness (QED) is 0.777. The van der Waals surface area contributed by atoms with Gasteiger partial charge in [0.15, 0.2) is 0 Å². The zero-order valence-electron chi connectivity index (χ0n) is 6.91. The SMILES string of the molecule is CCCc1ncc(CC(=O)O)s1. The van der Waals surface area contributed by atoms with Gasteiger partial charge >= 0.3 is 5.97 Å². The van der Waals surface area contributed by atoms with Gasteiger partial charge in [-0.2, -0.15) is 0 Å². The molecule has 0 fully saturated rings. The van der Waals surface area contributed by atoms with E-state index in [0.29, 0.717) is 0 Å². The molecule has 0 unspecified atom stereocenters. The van der Waals surface area contributed by atoms with E-state index in [0.717, 1.165) is 22.7 Å². The van der Waals surface area contributed by atoms with E-state index in [4.69, 9.17) is 5.11 Å². The predicted octanol–water partition coefficient (Wildman–Crippen LogP) is 1.72. The van der Waals surface area contributed by atoms with E-state index in [9.17, 15) is 4.79 Å². The highest BCUT2D eigenvalue weighted by atomic mass is 32.1. The molecule has 3 nitrogen and oxygen atoms in total. The highest BCUT2D eigenvalue weighted by Gasteiger charge is 2.04. The molecule has 0 saturated carbocycles. The summed E-state index contributed by atoms with van der Waals surface area (Å²) in [6, 6.07) is 0. The molecule has 12 heavy (non-hydrogen) atoms. The van der Waals surface area contributed by atoms with Gasteiger partial charge in [-0.1, -0.05) is 6.92 Å². The molecule has 0 spiro atoms. The fourth-order valence-electron chi connectivity index (χ4n) is 0.908. The van der Waals surface area contributed by atoms with Gasteiger partial charge in [0.1, 0.15) is 0 Å². The molecule has 0 atom stereocenters. The maximum Gasteiger partial charge on any atom is 0.308 e. The number of hydrogen-bond acceptors (Lipinski definition) is 3. The largest absolute Gasteiger partial charge is 0.481 e. The van der Waals surface area contributed by atoms with E-state index in [2.05, 4.69) is 11.9 Å². The van der Waals surface area contributed by atoms with Crippen molar-refractivity contribution in [2.45, 2.75) is 26.2 Å². The monoisotopic (exact) mass is 185 g/mol. The Bertz CT molecular complexity index is 270. The minimum Gasteiger partial charge on any atom is -0.481 e. The van der Waals surface area contributed by atoms with Crippen LogP contribution in [-0.4, -0.2) is 16.1 Å². The third kappa shape index (κ3) is 2.62. The Labute approximate surface area is 75.1 Å². The Morgan fingerprint density at radius 2 is 2.50 bits per heavy atom.